The number of anilines is 1. The van der Waals surface area contributed by atoms with E-state index in [1.807, 2.05) is 13.0 Å². The van der Waals surface area contributed by atoms with Gasteiger partial charge in [-0.15, -0.1) is 5.10 Å². The molecule has 0 aromatic carbocycles. The second-order valence-electron chi connectivity index (χ2n) is 7.03. The van der Waals surface area contributed by atoms with Crippen LogP contribution in [0.2, 0.25) is 0 Å². The zero-order chi connectivity index (χ0) is 24.8. The Kier molecular flexibility index (Phi) is 9.63. The third-order valence-electron chi connectivity index (χ3n) is 4.67. The Morgan fingerprint density at radius 2 is 2.08 bits per heavy atom. The number of carbonyl (C=O) groups excluding carboxylic acids is 1. The van der Waals surface area contributed by atoms with Crippen molar-refractivity contribution in [3.05, 3.63) is 60.9 Å². The van der Waals surface area contributed by atoms with Crippen molar-refractivity contribution in [2.24, 2.45) is 0 Å². The van der Waals surface area contributed by atoms with Gasteiger partial charge >= 0.3 is 37.4 Å². The first-order chi connectivity index (χ1) is 16.9. The predicted molar refractivity (Wildman–Crippen MR) is 121 cm³/mol. The summed E-state index contributed by atoms with van der Waals surface area (Å²) in [7, 11) is -3.56. The van der Waals surface area contributed by atoms with Crippen LogP contribution in [0, 0.1) is 0 Å². The van der Waals surface area contributed by atoms with Crippen LogP contribution in [0.5, 0.6) is 0 Å². The molecule has 4 aromatic heterocycles. The molecule has 15 heteroatoms. The van der Waals surface area contributed by atoms with Crippen molar-refractivity contribution in [2.45, 2.75) is 13.5 Å². The molecule has 1 N–H and O–H groups in total. The summed E-state index contributed by atoms with van der Waals surface area (Å²) in [5.74, 6) is -0.209. The molecule has 0 saturated carbocycles. The average Bonchev–Trinajstić information content (AvgIpc) is 3.60. The Morgan fingerprint density at radius 1 is 1.25 bits per heavy atom. The molecule has 184 valence electrons. The zero-order valence-electron chi connectivity index (χ0n) is 19.9. The molecule has 4 heterocycles. The Morgan fingerprint density at radius 3 is 2.81 bits per heavy atom. The normalized spacial score (nSPS) is 12.5. The molecule has 1 atom stereocenters. The van der Waals surface area contributed by atoms with Crippen LogP contribution in [-0.2, 0) is 20.4 Å². The predicted octanol–water partition coefficient (Wildman–Crippen LogP) is -0.762. The van der Waals surface area contributed by atoms with Crippen LogP contribution < -0.4 is 44.4 Å². The summed E-state index contributed by atoms with van der Waals surface area (Å²) in [5.41, 5.74) is 1.94. The Hall–Kier alpha value is -2.77. The zero-order valence-corrected chi connectivity index (χ0v) is 22.8. The minimum Gasteiger partial charge on any atom is -0.745 e. The third kappa shape index (κ3) is 6.92. The van der Waals surface area contributed by atoms with E-state index < -0.39 is 13.7 Å². The summed E-state index contributed by atoms with van der Waals surface area (Å²) < 4.78 is 33.0. The van der Waals surface area contributed by atoms with Crippen molar-refractivity contribution < 1.29 is 62.1 Å². The summed E-state index contributed by atoms with van der Waals surface area (Å²) >= 11 is 0. The maximum absolute atomic E-state index is 12.9. The molecule has 0 aliphatic carbocycles. The number of carbonyl (C=O) groups is 1. The Balaban J connectivity index is 0.00000361. The summed E-state index contributed by atoms with van der Waals surface area (Å²) in [4.78, 5) is 29.4. The van der Waals surface area contributed by atoms with E-state index in [1.54, 1.807) is 35.3 Å². The van der Waals surface area contributed by atoms with E-state index in [1.165, 1.54) is 18.5 Å². The summed E-state index contributed by atoms with van der Waals surface area (Å²) in [6, 6.07) is 8.44. The van der Waals surface area contributed by atoms with Crippen LogP contribution in [0.25, 0.3) is 22.7 Å². The molecule has 36 heavy (non-hydrogen) atoms. The second-order valence-corrected chi connectivity index (χ2v) is 8.45. The second kappa shape index (κ2) is 12.5. The molecular formula is C21H22N6NaO7P. The Bertz CT molecular complexity index is 1340. The Labute approximate surface area is 228 Å². The number of phosphoric acid groups is 1. The largest absolute Gasteiger partial charge is 1.00 e. The maximum atomic E-state index is 12.9. The molecule has 4 rings (SSSR count). The molecule has 13 nitrogen and oxygen atoms in total. The number of nitrogens with one attached hydrogen (secondary N) is 1. The number of hydrogen-bond acceptors (Lipinski definition) is 10. The third-order valence-corrected chi connectivity index (χ3v) is 5.48. The van der Waals surface area contributed by atoms with E-state index >= 15 is 0 Å². The van der Waals surface area contributed by atoms with Crippen LogP contribution in [-0.4, -0.2) is 50.9 Å². The van der Waals surface area contributed by atoms with E-state index in [0.29, 0.717) is 47.2 Å². The van der Waals surface area contributed by atoms with Gasteiger partial charge in [0.15, 0.2) is 5.76 Å². The van der Waals surface area contributed by atoms with Crippen molar-refractivity contribution in [3.8, 4) is 22.7 Å². The summed E-state index contributed by atoms with van der Waals surface area (Å²) in [5, 5.41) is 11.1. The van der Waals surface area contributed by atoms with Gasteiger partial charge in [0.25, 0.3) is 5.91 Å². The molecule has 0 saturated heterocycles. The van der Waals surface area contributed by atoms with Crippen molar-refractivity contribution >= 4 is 19.4 Å². The molecule has 0 radical (unpaired) electrons. The van der Waals surface area contributed by atoms with Crippen molar-refractivity contribution in [2.75, 3.05) is 25.6 Å². The molecular weight excluding hydrogens is 502 g/mol. The molecule has 1 amide bonds. The number of ether oxygens (including phenoxy) is 1. The smallest absolute Gasteiger partial charge is 0.745 e. The molecule has 0 spiro atoms. The van der Waals surface area contributed by atoms with E-state index in [9.17, 15) is 14.3 Å². The number of amides is 1. The van der Waals surface area contributed by atoms with Crippen molar-refractivity contribution in [1.29, 1.82) is 0 Å². The fourth-order valence-electron chi connectivity index (χ4n) is 3.03. The topological polar surface area (TPSA) is 159 Å². The van der Waals surface area contributed by atoms with Gasteiger partial charge in [0.05, 0.1) is 42.5 Å². The van der Waals surface area contributed by atoms with E-state index in [4.69, 9.17) is 9.15 Å². The van der Waals surface area contributed by atoms with Crippen LogP contribution >= 0.6 is 7.82 Å². The first-order valence-electron chi connectivity index (χ1n) is 10.5. The van der Waals surface area contributed by atoms with Crippen molar-refractivity contribution in [1.82, 2.24) is 24.7 Å². The molecule has 4 aromatic rings. The molecule has 0 fully saturated rings. The van der Waals surface area contributed by atoms with E-state index in [2.05, 4.69) is 29.6 Å². The monoisotopic (exact) mass is 524 g/mol. The van der Waals surface area contributed by atoms with Gasteiger partial charge in [-0.3, -0.25) is 19.0 Å². The van der Waals surface area contributed by atoms with Crippen LogP contribution in [0.15, 0.2) is 59.5 Å². The molecule has 0 aliphatic heterocycles. The van der Waals surface area contributed by atoms with Gasteiger partial charge in [0, 0.05) is 26.1 Å². The molecule has 0 bridgehead atoms. The summed E-state index contributed by atoms with van der Waals surface area (Å²) in [6.45, 7) is 3.47. The number of pyridine rings is 1. The number of hydrogen-bond donors (Lipinski definition) is 1. The van der Waals surface area contributed by atoms with Gasteiger partial charge in [-0.25, -0.2) is 0 Å². The number of furan rings is 1. The van der Waals surface area contributed by atoms with Crippen LogP contribution in [0.1, 0.15) is 17.5 Å². The fraction of sp³-hybridized carbons (Fsp3) is 0.238. The number of rotatable bonds is 11. The first-order valence-corrected chi connectivity index (χ1v) is 11.9. The minimum absolute atomic E-state index is 0. The van der Waals surface area contributed by atoms with Crippen LogP contribution in [0.3, 0.4) is 0 Å². The number of nitrogens with zero attached hydrogens (tertiary/aromatic N) is 5. The van der Waals surface area contributed by atoms with Gasteiger partial charge in [0.1, 0.15) is 11.5 Å². The van der Waals surface area contributed by atoms with E-state index in [0.717, 1.165) is 7.11 Å². The van der Waals surface area contributed by atoms with Gasteiger partial charge in [0.2, 0.25) is 0 Å². The quantitative estimate of drug-likeness (QED) is 0.150. The first kappa shape index (κ1) is 27.8. The number of aromatic nitrogens is 5. The summed E-state index contributed by atoms with van der Waals surface area (Å²) in [6.07, 6.45) is 5.92. The molecule has 1 unspecified atom stereocenters. The van der Waals surface area contributed by atoms with Gasteiger partial charge in [-0.1, -0.05) is 10.9 Å². The van der Waals surface area contributed by atoms with E-state index in [-0.39, 0.29) is 41.1 Å². The van der Waals surface area contributed by atoms with Gasteiger partial charge in [-0.05, 0) is 31.2 Å². The maximum Gasteiger partial charge on any atom is 1.00 e. The average molecular weight is 524 g/mol. The van der Waals surface area contributed by atoms with Crippen molar-refractivity contribution in [3.63, 3.8) is 0 Å². The standard InChI is InChI=1S/C21H23N6O7P.Na/c1-3-32-11-10-26-14-17(20(25-26)16-6-4-5-9-22-16)24-21(28)19-8-7-18(33-19)15-12-23-27(13-15)34-35(29,30)31-2;/h4-9,12-14H,3,10-11H2,1-2H3,(H,24,28)(H,29,30);/q;+1/p-1. The minimum atomic E-state index is -4.53. The van der Waals surface area contributed by atoms with Gasteiger partial charge in [-0.2, -0.15) is 5.10 Å². The molecule has 0 aliphatic rings. The fourth-order valence-corrected chi connectivity index (χ4v) is 3.39. The SMILES string of the molecule is CCOCCn1cc(NC(=O)c2ccc(-c3cnn(OP(=O)([O-])OC)c3)o2)c(-c2ccccn2)n1.[Na+]. The van der Waals surface area contributed by atoms with Gasteiger partial charge < -0.3 is 28.5 Å². The van der Waals surface area contributed by atoms with Crippen LogP contribution in [0.4, 0.5) is 5.69 Å². The number of phosphoric ester groups is 1.